The summed E-state index contributed by atoms with van der Waals surface area (Å²) in [4.78, 5) is 0. The van der Waals surface area contributed by atoms with Gasteiger partial charge in [0, 0.05) is 11.6 Å². The summed E-state index contributed by atoms with van der Waals surface area (Å²) >= 11 is 0. The standard InChI is InChI=1S/C22H39N3O7/c1-9-12-10-25(24-23-12)11-13-16(14(26)15(27)18(29-13)31-20(2,3)4)30-19-17(28)21(5,6)22(7,8)32-19/h10,13-19,26-28H,9,11H2,1-8H3. The molecule has 0 aliphatic carbocycles. The lowest BCUT2D eigenvalue weighted by Gasteiger charge is -2.44. The summed E-state index contributed by atoms with van der Waals surface area (Å²) in [5.74, 6) is 0. The first-order valence-corrected chi connectivity index (χ1v) is 11.3. The number of hydrogen-bond acceptors (Lipinski definition) is 9. The lowest BCUT2D eigenvalue weighted by molar-refractivity contribution is -0.343. The molecule has 1 aromatic heterocycles. The molecule has 2 fully saturated rings. The average molecular weight is 458 g/mol. The predicted octanol–water partition coefficient (Wildman–Crippen LogP) is 1.01. The summed E-state index contributed by atoms with van der Waals surface area (Å²) in [6.45, 7) is 15.3. The van der Waals surface area contributed by atoms with Gasteiger partial charge in [0.05, 0.1) is 23.4 Å². The molecule has 2 aliphatic rings. The smallest absolute Gasteiger partial charge is 0.187 e. The highest BCUT2D eigenvalue weighted by Crippen LogP contribution is 2.47. The first kappa shape index (κ1) is 25.5. The van der Waals surface area contributed by atoms with Gasteiger partial charge in [0.2, 0.25) is 0 Å². The Morgan fingerprint density at radius 2 is 1.75 bits per heavy atom. The molecule has 0 aromatic carbocycles. The second-order valence-corrected chi connectivity index (χ2v) is 10.8. The van der Waals surface area contributed by atoms with Crippen LogP contribution in [0.1, 0.15) is 61.1 Å². The van der Waals surface area contributed by atoms with Gasteiger partial charge in [-0.15, -0.1) is 5.10 Å². The summed E-state index contributed by atoms with van der Waals surface area (Å²) in [5, 5.41) is 40.8. The minimum absolute atomic E-state index is 0.209. The van der Waals surface area contributed by atoms with Gasteiger partial charge in [-0.3, -0.25) is 0 Å². The molecule has 7 unspecified atom stereocenters. The van der Waals surface area contributed by atoms with Crippen LogP contribution in [0.15, 0.2) is 6.20 Å². The fourth-order valence-corrected chi connectivity index (χ4v) is 3.90. The largest absolute Gasteiger partial charge is 0.387 e. The zero-order valence-electron chi connectivity index (χ0n) is 20.3. The molecule has 2 saturated heterocycles. The first-order valence-electron chi connectivity index (χ1n) is 11.3. The lowest BCUT2D eigenvalue weighted by Crippen LogP contribution is -2.62. The maximum absolute atomic E-state index is 11.0. The van der Waals surface area contributed by atoms with Gasteiger partial charge in [-0.1, -0.05) is 26.0 Å². The van der Waals surface area contributed by atoms with E-state index in [9.17, 15) is 15.3 Å². The van der Waals surface area contributed by atoms with Crippen LogP contribution in [-0.2, 0) is 31.9 Å². The van der Waals surface area contributed by atoms with E-state index in [1.54, 1.807) is 10.9 Å². The number of nitrogens with zero attached hydrogens (tertiary/aromatic N) is 3. The summed E-state index contributed by atoms with van der Waals surface area (Å²) in [6, 6.07) is 0. The highest BCUT2D eigenvalue weighted by Gasteiger charge is 2.58. The van der Waals surface area contributed by atoms with E-state index >= 15 is 0 Å². The molecule has 3 rings (SSSR count). The quantitative estimate of drug-likeness (QED) is 0.573. The van der Waals surface area contributed by atoms with Crippen LogP contribution in [0.2, 0.25) is 0 Å². The molecule has 0 spiro atoms. The highest BCUT2D eigenvalue weighted by molar-refractivity contribution is 5.02. The van der Waals surface area contributed by atoms with E-state index in [-0.39, 0.29) is 6.54 Å². The highest BCUT2D eigenvalue weighted by atomic mass is 16.7. The van der Waals surface area contributed by atoms with Crippen molar-refractivity contribution in [3.8, 4) is 0 Å². The van der Waals surface area contributed by atoms with E-state index in [0.29, 0.717) is 0 Å². The maximum atomic E-state index is 11.0. The van der Waals surface area contributed by atoms with Gasteiger partial charge in [-0.05, 0) is 41.0 Å². The van der Waals surface area contributed by atoms with Crippen molar-refractivity contribution in [3.63, 3.8) is 0 Å². The van der Waals surface area contributed by atoms with E-state index in [0.717, 1.165) is 12.1 Å². The minimum atomic E-state index is -1.35. The van der Waals surface area contributed by atoms with Crippen LogP contribution in [-0.4, -0.2) is 84.6 Å². The molecule has 3 heterocycles. The fourth-order valence-electron chi connectivity index (χ4n) is 3.90. The maximum Gasteiger partial charge on any atom is 0.187 e. The number of ether oxygens (including phenoxy) is 4. The van der Waals surface area contributed by atoms with Crippen LogP contribution in [0.25, 0.3) is 0 Å². The molecule has 1 aromatic rings. The Morgan fingerprint density at radius 1 is 1.09 bits per heavy atom. The summed E-state index contributed by atoms with van der Waals surface area (Å²) in [5.41, 5.74) is -1.04. The Kier molecular flexibility index (Phi) is 7.09. The average Bonchev–Trinajstić information content (AvgIpc) is 3.18. The molecule has 0 bridgehead atoms. The zero-order valence-corrected chi connectivity index (χ0v) is 20.3. The number of aromatic nitrogens is 3. The molecule has 10 nitrogen and oxygen atoms in total. The zero-order chi connectivity index (χ0) is 24.1. The Morgan fingerprint density at radius 3 is 2.25 bits per heavy atom. The van der Waals surface area contributed by atoms with Crippen molar-refractivity contribution < 1.29 is 34.3 Å². The molecule has 184 valence electrons. The summed E-state index contributed by atoms with van der Waals surface area (Å²) < 4.78 is 25.6. The number of aryl methyl sites for hydroxylation is 1. The van der Waals surface area contributed by atoms with Gasteiger partial charge >= 0.3 is 0 Å². The van der Waals surface area contributed by atoms with Gasteiger partial charge in [0.1, 0.15) is 30.5 Å². The summed E-state index contributed by atoms with van der Waals surface area (Å²) in [6.07, 6.45) is -4.90. The van der Waals surface area contributed by atoms with Crippen LogP contribution in [0.3, 0.4) is 0 Å². The molecule has 0 radical (unpaired) electrons. The van der Waals surface area contributed by atoms with Crippen LogP contribution in [0.4, 0.5) is 0 Å². The molecule has 10 heteroatoms. The van der Waals surface area contributed by atoms with E-state index < -0.39 is 59.7 Å². The fraction of sp³-hybridized carbons (Fsp3) is 0.909. The summed E-state index contributed by atoms with van der Waals surface area (Å²) in [7, 11) is 0. The molecule has 32 heavy (non-hydrogen) atoms. The van der Waals surface area contributed by atoms with Crippen molar-refractivity contribution >= 4 is 0 Å². The Bertz CT molecular complexity index is 776. The van der Waals surface area contributed by atoms with Crippen molar-refractivity contribution in [3.05, 3.63) is 11.9 Å². The Balaban J connectivity index is 1.85. The third-order valence-corrected chi connectivity index (χ3v) is 6.68. The predicted molar refractivity (Wildman–Crippen MR) is 115 cm³/mol. The van der Waals surface area contributed by atoms with Crippen molar-refractivity contribution in [1.29, 1.82) is 0 Å². The molecular weight excluding hydrogens is 418 g/mol. The first-order chi connectivity index (χ1) is 14.7. The monoisotopic (exact) mass is 457 g/mol. The normalized spacial score (nSPS) is 37.0. The van der Waals surface area contributed by atoms with Gasteiger partial charge in [0.25, 0.3) is 0 Å². The van der Waals surface area contributed by atoms with Crippen LogP contribution >= 0.6 is 0 Å². The Hall–Kier alpha value is -1.14. The van der Waals surface area contributed by atoms with Crippen LogP contribution in [0.5, 0.6) is 0 Å². The van der Waals surface area contributed by atoms with Gasteiger partial charge in [-0.2, -0.15) is 0 Å². The third kappa shape index (κ3) is 5.01. The third-order valence-electron chi connectivity index (χ3n) is 6.68. The number of rotatable bonds is 6. The number of aliphatic hydroxyl groups is 3. The molecule has 0 saturated carbocycles. The lowest BCUT2D eigenvalue weighted by atomic mass is 9.75. The van der Waals surface area contributed by atoms with E-state index in [2.05, 4.69) is 10.3 Å². The van der Waals surface area contributed by atoms with E-state index in [1.807, 2.05) is 55.4 Å². The van der Waals surface area contributed by atoms with Crippen LogP contribution in [0, 0.1) is 5.41 Å². The SMILES string of the molecule is CCc1cn(CC2OC(OC(C)(C)C)C(O)C(O)C2OC2OC(C)(C)C(C)(C)C2O)nn1. The second-order valence-electron chi connectivity index (χ2n) is 10.8. The van der Waals surface area contributed by atoms with Crippen molar-refractivity contribution in [2.75, 3.05) is 0 Å². The topological polar surface area (TPSA) is 128 Å². The Labute approximate surface area is 189 Å². The second kappa shape index (κ2) is 8.90. The van der Waals surface area contributed by atoms with Crippen molar-refractivity contribution in [2.24, 2.45) is 5.41 Å². The van der Waals surface area contributed by atoms with E-state index in [1.165, 1.54) is 0 Å². The minimum Gasteiger partial charge on any atom is -0.387 e. The van der Waals surface area contributed by atoms with Crippen LogP contribution < -0.4 is 0 Å². The van der Waals surface area contributed by atoms with Gasteiger partial charge in [0.15, 0.2) is 12.6 Å². The number of hydrogen-bond donors (Lipinski definition) is 3. The van der Waals surface area contributed by atoms with Gasteiger partial charge in [-0.25, -0.2) is 4.68 Å². The van der Waals surface area contributed by atoms with Crippen molar-refractivity contribution in [1.82, 2.24) is 15.0 Å². The van der Waals surface area contributed by atoms with Crippen molar-refractivity contribution in [2.45, 2.75) is 123 Å². The molecule has 7 atom stereocenters. The van der Waals surface area contributed by atoms with Gasteiger partial charge < -0.3 is 34.3 Å². The van der Waals surface area contributed by atoms with E-state index in [4.69, 9.17) is 18.9 Å². The molecule has 2 aliphatic heterocycles. The molecular formula is C22H39N3O7. The molecule has 3 N–H and O–H groups in total. The molecule has 0 amide bonds. The number of aliphatic hydroxyl groups excluding tert-OH is 3.